The molecule has 1 aromatic heterocycles. The van der Waals surface area contributed by atoms with Crippen molar-refractivity contribution in [1.82, 2.24) is 20.3 Å². The average molecular weight is 293 g/mol. The van der Waals surface area contributed by atoms with Crippen LogP contribution in [0.25, 0.3) is 5.69 Å². The lowest BCUT2D eigenvalue weighted by atomic mass is 10.3. The monoisotopic (exact) mass is 293 g/mol. The lowest BCUT2D eigenvalue weighted by Gasteiger charge is -2.09. The zero-order valence-corrected chi connectivity index (χ0v) is 11.8. The topological polar surface area (TPSA) is 71.8 Å². The van der Waals surface area contributed by atoms with Crippen molar-refractivity contribution in [2.24, 2.45) is 0 Å². The Labute approximate surface area is 127 Å². The molecule has 1 heterocycles. The van der Waals surface area contributed by atoms with E-state index in [-0.39, 0.29) is 6.03 Å². The molecule has 3 aromatic rings. The molecular formula is C16H15N5O. The van der Waals surface area contributed by atoms with Crippen LogP contribution in [-0.4, -0.2) is 21.0 Å². The fourth-order valence-corrected chi connectivity index (χ4v) is 2.03. The van der Waals surface area contributed by atoms with Gasteiger partial charge in [-0.05, 0) is 24.3 Å². The molecule has 0 bridgehead atoms. The van der Waals surface area contributed by atoms with E-state index in [1.165, 1.54) is 0 Å². The predicted molar refractivity (Wildman–Crippen MR) is 83.7 cm³/mol. The van der Waals surface area contributed by atoms with E-state index in [0.29, 0.717) is 6.54 Å². The number of anilines is 1. The Hall–Kier alpha value is -3.15. The summed E-state index contributed by atoms with van der Waals surface area (Å²) in [5, 5.41) is 13.5. The van der Waals surface area contributed by atoms with Crippen LogP contribution in [0.5, 0.6) is 0 Å². The van der Waals surface area contributed by atoms with E-state index < -0.39 is 0 Å². The molecule has 0 atom stereocenters. The van der Waals surface area contributed by atoms with Gasteiger partial charge < -0.3 is 10.6 Å². The van der Waals surface area contributed by atoms with Crippen LogP contribution >= 0.6 is 0 Å². The Bertz CT molecular complexity index is 739. The number of aromatic nitrogens is 3. The molecule has 0 aliphatic heterocycles. The molecule has 6 heteroatoms. The van der Waals surface area contributed by atoms with Crippen molar-refractivity contribution in [1.29, 1.82) is 0 Å². The molecule has 0 saturated heterocycles. The standard InChI is InChI=1S/C16H15N5O/c22-16(19-13-7-3-1-4-8-13)17-11-15-12-18-20-21(15)14-9-5-2-6-10-14/h1-10,12H,11H2,(H2,17,19,22). The van der Waals surface area contributed by atoms with Crippen LogP contribution in [0, 0.1) is 0 Å². The largest absolute Gasteiger partial charge is 0.332 e. The third-order valence-electron chi connectivity index (χ3n) is 3.08. The van der Waals surface area contributed by atoms with Gasteiger partial charge in [0.1, 0.15) is 0 Å². The molecule has 2 aromatic carbocycles. The summed E-state index contributed by atoms with van der Waals surface area (Å²) in [5.74, 6) is 0. The summed E-state index contributed by atoms with van der Waals surface area (Å²) < 4.78 is 1.70. The van der Waals surface area contributed by atoms with E-state index in [1.807, 2.05) is 60.7 Å². The highest BCUT2D eigenvalue weighted by Gasteiger charge is 2.07. The van der Waals surface area contributed by atoms with Crippen molar-refractivity contribution in [3.63, 3.8) is 0 Å². The smallest absolute Gasteiger partial charge is 0.319 e. The van der Waals surface area contributed by atoms with Gasteiger partial charge in [0.15, 0.2) is 0 Å². The van der Waals surface area contributed by atoms with Crippen molar-refractivity contribution < 1.29 is 4.79 Å². The summed E-state index contributed by atoms with van der Waals surface area (Å²) >= 11 is 0. The first kappa shape index (κ1) is 13.8. The summed E-state index contributed by atoms with van der Waals surface area (Å²) in [7, 11) is 0. The van der Waals surface area contributed by atoms with Crippen molar-refractivity contribution in [2.45, 2.75) is 6.54 Å². The second-order valence-corrected chi connectivity index (χ2v) is 4.65. The number of hydrogen-bond acceptors (Lipinski definition) is 3. The number of benzene rings is 2. The molecular weight excluding hydrogens is 278 g/mol. The van der Waals surface area contributed by atoms with Crippen molar-refractivity contribution >= 4 is 11.7 Å². The molecule has 0 saturated carbocycles. The second-order valence-electron chi connectivity index (χ2n) is 4.65. The van der Waals surface area contributed by atoms with E-state index >= 15 is 0 Å². The lowest BCUT2D eigenvalue weighted by molar-refractivity contribution is 0.251. The van der Waals surface area contributed by atoms with Crippen LogP contribution in [0.4, 0.5) is 10.5 Å². The van der Waals surface area contributed by atoms with Crippen LogP contribution in [0.2, 0.25) is 0 Å². The zero-order chi connectivity index (χ0) is 15.2. The fraction of sp³-hybridized carbons (Fsp3) is 0.0625. The fourth-order valence-electron chi connectivity index (χ4n) is 2.03. The number of carbonyl (C=O) groups is 1. The lowest BCUT2D eigenvalue weighted by Crippen LogP contribution is -2.29. The van der Waals surface area contributed by atoms with E-state index in [1.54, 1.807) is 10.9 Å². The molecule has 0 unspecified atom stereocenters. The maximum atomic E-state index is 11.9. The van der Waals surface area contributed by atoms with Crippen LogP contribution in [0.3, 0.4) is 0 Å². The SMILES string of the molecule is O=C(NCc1cnnn1-c1ccccc1)Nc1ccccc1. The summed E-state index contributed by atoms with van der Waals surface area (Å²) in [4.78, 5) is 11.9. The van der Waals surface area contributed by atoms with Gasteiger partial charge in [-0.3, -0.25) is 0 Å². The van der Waals surface area contributed by atoms with Gasteiger partial charge in [0, 0.05) is 5.69 Å². The maximum absolute atomic E-state index is 11.9. The summed E-state index contributed by atoms with van der Waals surface area (Å²) in [6, 6.07) is 18.7. The number of urea groups is 1. The minimum Gasteiger partial charge on any atom is -0.332 e. The first-order valence-corrected chi connectivity index (χ1v) is 6.88. The van der Waals surface area contributed by atoms with Gasteiger partial charge >= 0.3 is 6.03 Å². The predicted octanol–water partition coefficient (Wildman–Crippen LogP) is 2.59. The van der Waals surface area contributed by atoms with Crippen LogP contribution < -0.4 is 10.6 Å². The highest BCUT2D eigenvalue weighted by atomic mass is 16.2. The Morgan fingerprint density at radius 1 is 1.00 bits per heavy atom. The molecule has 0 radical (unpaired) electrons. The van der Waals surface area contributed by atoms with E-state index in [2.05, 4.69) is 20.9 Å². The Morgan fingerprint density at radius 3 is 2.41 bits per heavy atom. The van der Waals surface area contributed by atoms with Crippen molar-refractivity contribution in [3.05, 3.63) is 72.6 Å². The maximum Gasteiger partial charge on any atom is 0.319 e. The number of nitrogens with zero attached hydrogens (tertiary/aromatic N) is 3. The number of nitrogens with one attached hydrogen (secondary N) is 2. The highest BCUT2D eigenvalue weighted by molar-refractivity contribution is 5.89. The molecule has 3 rings (SSSR count). The third-order valence-corrected chi connectivity index (χ3v) is 3.08. The number of rotatable bonds is 4. The van der Waals surface area contributed by atoms with Crippen molar-refractivity contribution in [3.8, 4) is 5.69 Å². The van der Waals surface area contributed by atoms with E-state index in [0.717, 1.165) is 17.1 Å². The first-order valence-electron chi connectivity index (χ1n) is 6.88. The summed E-state index contributed by atoms with van der Waals surface area (Å²) in [5.41, 5.74) is 2.45. The van der Waals surface area contributed by atoms with Gasteiger partial charge in [-0.25, -0.2) is 9.48 Å². The normalized spacial score (nSPS) is 10.2. The Balaban J connectivity index is 1.63. The number of para-hydroxylation sites is 2. The molecule has 0 spiro atoms. The number of hydrogen-bond donors (Lipinski definition) is 2. The number of carbonyl (C=O) groups excluding carboxylic acids is 1. The summed E-state index contributed by atoms with van der Waals surface area (Å²) in [6.07, 6.45) is 1.63. The number of amides is 2. The van der Waals surface area contributed by atoms with E-state index in [9.17, 15) is 4.79 Å². The molecule has 0 aliphatic rings. The first-order chi connectivity index (χ1) is 10.8. The minimum absolute atomic E-state index is 0.271. The minimum atomic E-state index is -0.271. The highest BCUT2D eigenvalue weighted by Crippen LogP contribution is 2.09. The molecule has 2 N–H and O–H groups in total. The molecule has 22 heavy (non-hydrogen) atoms. The molecule has 0 aliphatic carbocycles. The van der Waals surface area contributed by atoms with Crippen LogP contribution in [0.15, 0.2) is 66.9 Å². The zero-order valence-electron chi connectivity index (χ0n) is 11.8. The van der Waals surface area contributed by atoms with Crippen molar-refractivity contribution in [2.75, 3.05) is 5.32 Å². The molecule has 6 nitrogen and oxygen atoms in total. The van der Waals surface area contributed by atoms with Crippen LogP contribution in [0.1, 0.15) is 5.69 Å². The van der Waals surface area contributed by atoms with Gasteiger partial charge in [-0.2, -0.15) is 0 Å². The van der Waals surface area contributed by atoms with Gasteiger partial charge in [-0.15, -0.1) is 5.10 Å². The quantitative estimate of drug-likeness (QED) is 0.776. The van der Waals surface area contributed by atoms with Gasteiger partial charge in [-0.1, -0.05) is 41.6 Å². The Kier molecular flexibility index (Phi) is 4.10. The Morgan fingerprint density at radius 2 is 1.68 bits per heavy atom. The second kappa shape index (κ2) is 6.53. The molecule has 0 fully saturated rings. The van der Waals surface area contributed by atoms with Gasteiger partial charge in [0.05, 0.1) is 24.1 Å². The van der Waals surface area contributed by atoms with Crippen LogP contribution in [-0.2, 0) is 6.54 Å². The summed E-state index contributed by atoms with van der Waals surface area (Å²) in [6.45, 7) is 0.334. The molecule has 2 amide bonds. The van der Waals surface area contributed by atoms with Gasteiger partial charge in [0.25, 0.3) is 0 Å². The van der Waals surface area contributed by atoms with Gasteiger partial charge in [0.2, 0.25) is 0 Å². The average Bonchev–Trinajstić information content (AvgIpc) is 3.03. The van der Waals surface area contributed by atoms with E-state index in [4.69, 9.17) is 0 Å². The third kappa shape index (κ3) is 3.29. The molecule has 110 valence electrons.